The van der Waals surface area contributed by atoms with E-state index >= 15 is 0 Å². The van der Waals surface area contributed by atoms with Crippen molar-refractivity contribution in [3.63, 3.8) is 0 Å². The van der Waals surface area contributed by atoms with Crippen molar-refractivity contribution in [3.8, 4) is 0 Å². The fraction of sp³-hybridized carbons (Fsp3) is 0.607. The highest BCUT2D eigenvalue weighted by Crippen LogP contribution is 2.28. The van der Waals surface area contributed by atoms with Gasteiger partial charge in [0.25, 0.3) is 6.02 Å². The van der Waals surface area contributed by atoms with E-state index in [0.29, 0.717) is 50.9 Å². The van der Waals surface area contributed by atoms with Gasteiger partial charge in [0.1, 0.15) is 11.4 Å². The molecule has 2 fully saturated rings. The first kappa shape index (κ1) is 28.8. The number of benzene rings is 1. The van der Waals surface area contributed by atoms with E-state index in [9.17, 15) is 9.59 Å². The number of hydrogen-bond acceptors (Lipinski definition) is 9. The van der Waals surface area contributed by atoms with Gasteiger partial charge in [-0.1, -0.05) is 43.7 Å². The smallest absolute Gasteiger partial charge is 0.293 e. The first-order valence-electron chi connectivity index (χ1n) is 14.1. The van der Waals surface area contributed by atoms with E-state index in [1.165, 1.54) is 0 Å². The number of amides is 2. The number of amidine groups is 1. The number of unbranched alkanes of at least 4 members (excludes halogenated alkanes) is 1. The lowest BCUT2D eigenvalue weighted by atomic mass is 10.0. The van der Waals surface area contributed by atoms with Gasteiger partial charge in [-0.15, -0.1) is 0 Å². The Morgan fingerprint density at radius 3 is 2.64 bits per heavy atom. The van der Waals surface area contributed by atoms with Crippen LogP contribution in [-0.2, 0) is 20.9 Å². The first-order valence-corrected chi connectivity index (χ1v) is 14.1. The van der Waals surface area contributed by atoms with Crippen LogP contribution in [0.3, 0.4) is 0 Å². The molecule has 1 atom stereocenters. The molecule has 3 aliphatic rings. The Morgan fingerprint density at radius 2 is 1.92 bits per heavy atom. The fourth-order valence-electron chi connectivity index (χ4n) is 5.18. The summed E-state index contributed by atoms with van der Waals surface area (Å²) < 4.78 is 5.83. The Bertz CT molecular complexity index is 1050. The number of nitrogens with two attached hydrogens (primary N) is 1. The van der Waals surface area contributed by atoms with Crippen molar-refractivity contribution in [1.82, 2.24) is 30.2 Å². The lowest BCUT2D eigenvalue weighted by Crippen LogP contribution is -2.70. The average molecular weight is 541 g/mol. The van der Waals surface area contributed by atoms with Crippen LogP contribution >= 0.6 is 0 Å². The molecule has 0 saturated carbocycles. The molecule has 3 aliphatic heterocycles. The highest BCUT2D eigenvalue weighted by Gasteiger charge is 2.46. The van der Waals surface area contributed by atoms with Gasteiger partial charge in [-0.25, -0.2) is 0 Å². The van der Waals surface area contributed by atoms with E-state index in [1.54, 1.807) is 0 Å². The van der Waals surface area contributed by atoms with Gasteiger partial charge in [-0.05, 0) is 32.4 Å². The van der Waals surface area contributed by atoms with Crippen LogP contribution in [-0.4, -0.2) is 109 Å². The summed E-state index contributed by atoms with van der Waals surface area (Å²) in [6, 6.07) is 10.5. The van der Waals surface area contributed by atoms with Gasteiger partial charge in [-0.3, -0.25) is 19.4 Å². The second-order valence-electron chi connectivity index (χ2n) is 10.8. The van der Waals surface area contributed by atoms with Gasteiger partial charge in [0, 0.05) is 45.8 Å². The lowest BCUT2D eigenvalue weighted by Gasteiger charge is -2.48. The minimum Gasteiger partial charge on any atom is -0.465 e. The molecule has 2 amide bonds. The second kappa shape index (κ2) is 13.3. The summed E-state index contributed by atoms with van der Waals surface area (Å²) in [5, 5.41) is 6.26. The second-order valence-corrected chi connectivity index (χ2v) is 10.8. The minimum absolute atomic E-state index is 0.130. The number of rotatable bonds is 11. The van der Waals surface area contributed by atoms with Crippen LogP contribution in [0.2, 0.25) is 0 Å². The summed E-state index contributed by atoms with van der Waals surface area (Å²) >= 11 is 0. The maximum atomic E-state index is 13.5. The van der Waals surface area contributed by atoms with Crippen LogP contribution in [0.15, 0.2) is 46.8 Å². The normalized spacial score (nSPS) is 22.5. The Balaban J connectivity index is 1.42. The summed E-state index contributed by atoms with van der Waals surface area (Å²) in [4.78, 5) is 38.9. The molecule has 2 saturated heterocycles. The number of carbonyl (C=O) groups is 2. The van der Waals surface area contributed by atoms with Gasteiger partial charge < -0.3 is 30.9 Å². The van der Waals surface area contributed by atoms with Crippen LogP contribution in [0.5, 0.6) is 0 Å². The van der Waals surface area contributed by atoms with Gasteiger partial charge >= 0.3 is 0 Å². The minimum atomic E-state index is -0.768. The SMILES string of the molecule is CCCCOC1=NC(N)=C2NC(=O)CN(CCCN(Cc3ccccc3)C(=O)CN3CCN(C)CC3)C2(C)N1. The number of hydrogen-bond donors (Lipinski definition) is 3. The van der Waals surface area contributed by atoms with Gasteiger partial charge in [0.2, 0.25) is 11.8 Å². The lowest BCUT2D eigenvalue weighted by molar-refractivity contribution is -0.134. The van der Waals surface area contributed by atoms with Crippen molar-refractivity contribution < 1.29 is 14.3 Å². The number of ether oxygens (including phenoxy) is 1. The number of fused-ring (bicyclic) bond motifs is 1. The van der Waals surface area contributed by atoms with Crippen LogP contribution in [0, 0.1) is 0 Å². The molecule has 39 heavy (non-hydrogen) atoms. The Labute approximate surface area is 232 Å². The third-order valence-electron chi connectivity index (χ3n) is 7.66. The van der Waals surface area contributed by atoms with Crippen LogP contribution < -0.4 is 16.4 Å². The molecule has 0 aliphatic carbocycles. The largest absolute Gasteiger partial charge is 0.465 e. The van der Waals surface area contributed by atoms with Gasteiger partial charge in [0.05, 0.1) is 19.7 Å². The molecule has 1 aromatic rings. The van der Waals surface area contributed by atoms with Crippen LogP contribution in [0.25, 0.3) is 0 Å². The molecule has 4 N–H and O–H groups in total. The molecule has 4 rings (SSSR count). The maximum Gasteiger partial charge on any atom is 0.293 e. The number of likely N-dealkylation sites (N-methyl/N-ethyl adjacent to an activating group) is 1. The summed E-state index contributed by atoms with van der Waals surface area (Å²) in [5.41, 5.74) is 7.13. The molecule has 0 bridgehead atoms. The van der Waals surface area contributed by atoms with E-state index in [1.807, 2.05) is 30.0 Å². The quantitative estimate of drug-likeness (QED) is 0.351. The standard InChI is InChI=1S/C28H44N8O3/c1-4-5-18-39-27-31-26(29)25-28(2,32-27)36(20-23(37)30-25)13-9-12-35(19-22-10-7-6-8-11-22)24(38)21-34-16-14-33(3)15-17-34/h6-8,10-11H,4-5,9,12-21,29H2,1-3H3,(H,30,37)(H,31,32). The van der Waals surface area contributed by atoms with Crippen molar-refractivity contribution in [1.29, 1.82) is 0 Å². The molecule has 0 aromatic heterocycles. The molecule has 214 valence electrons. The maximum absolute atomic E-state index is 13.5. The topological polar surface area (TPSA) is 119 Å². The monoisotopic (exact) mass is 540 g/mol. The highest BCUT2D eigenvalue weighted by atomic mass is 16.5. The molecule has 11 heteroatoms. The highest BCUT2D eigenvalue weighted by molar-refractivity contribution is 5.85. The number of nitrogens with zero attached hydrogens (tertiary/aromatic N) is 5. The molecule has 1 aromatic carbocycles. The molecular formula is C28H44N8O3. The molecule has 1 unspecified atom stereocenters. The van der Waals surface area contributed by atoms with E-state index in [2.05, 4.69) is 56.4 Å². The summed E-state index contributed by atoms with van der Waals surface area (Å²) in [5.74, 6) is 0.240. The van der Waals surface area contributed by atoms with Crippen LogP contribution in [0.4, 0.5) is 0 Å². The predicted octanol–water partition coefficient (Wildman–Crippen LogP) is 0.704. The van der Waals surface area contributed by atoms with Gasteiger partial charge in [-0.2, -0.15) is 4.99 Å². The predicted molar refractivity (Wildman–Crippen MR) is 151 cm³/mol. The zero-order valence-electron chi connectivity index (χ0n) is 23.6. The number of aliphatic imine (C=N–C) groups is 1. The fourth-order valence-corrected chi connectivity index (χ4v) is 5.18. The number of carbonyl (C=O) groups excluding carboxylic acids is 2. The first-order chi connectivity index (χ1) is 18.8. The number of piperazine rings is 2. The molecule has 0 radical (unpaired) electrons. The Morgan fingerprint density at radius 1 is 1.18 bits per heavy atom. The Hall–Kier alpha value is -3.15. The van der Waals surface area contributed by atoms with Crippen LogP contribution in [0.1, 0.15) is 38.7 Å². The molecular weight excluding hydrogens is 496 g/mol. The summed E-state index contributed by atoms with van der Waals surface area (Å²) in [7, 11) is 2.11. The van der Waals surface area contributed by atoms with Crippen molar-refractivity contribution in [2.24, 2.45) is 10.7 Å². The Kier molecular flexibility index (Phi) is 9.82. The zero-order valence-corrected chi connectivity index (χ0v) is 23.6. The third-order valence-corrected chi connectivity index (χ3v) is 7.66. The zero-order chi connectivity index (χ0) is 27.8. The van der Waals surface area contributed by atoms with E-state index in [4.69, 9.17) is 10.5 Å². The third kappa shape index (κ3) is 7.49. The van der Waals surface area contributed by atoms with Crippen molar-refractivity contribution in [2.75, 3.05) is 66.0 Å². The average Bonchev–Trinajstić information content (AvgIpc) is 2.91. The number of nitrogens with one attached hydrogen (secondary N) is 2. The van der Waals surface area contributed by atoms with Crippen molar-refractivity contribution >= 4 is 17.8 Å². The van der Waals surface area contributed by atoms with Crippen molar-refractivity contribution in [3.05, 3.63) is 47.4 Å². The molecule has 0 spiro atoms. The summed E-state index contributed by atoms with van der Waals surface area (Å²) in [6.07, 6.45) is 2.62. The van der Waals surface area contributed by atoms with E-state index in [-0.39, 0.29) is 24.2 Å². The van der Waals surface area contributed by atoms with Crippen molar-refractivity contribution in [2.45, 2.75) is 45.3 Å². The van der Waals surface area contributed by atoms with E-state index < -0.39 is 5.66 Å². The van der Waals surface area contributed by atoms with Gasteiger partial charge in [0.15, 0.2) is 5.82 Å². The molecule has 3 heterocycles. The van der Waals surface area contributed by atoms with E-state index in [0.717, 1.165) is 44.6 Å². The summed E-state index contributed by atoms with van der Waals surface area (Å²) in [6.45, 7) is 10.7. The molecule has 11 nitrogen and oxygen atoms in total.